The third-order valence-electron chi connectivity index (χ3n) is 7.00. The van der Waals surface area contributed by atoms with Gasteiger partial charge in [0.05, 0.1) is 36.0 Å². The average Bonchev–Trinajstić information content (AvgIpc) is 3.30. The van der Waals surface area contributed by atoms with Crippen LogP contribution in [0.2, 0.25) is 0 Å². The Morgan fingerprint density at radius 1 is 1.06 bits per heavy atom. The smallest absolute Gasteiger partial charge is 0.261 e. The Balaban J connectivity index is 1.54. The van der Waals surface area contributed by atoms with Crippen LogP contribution in [0.5, 0.6) is 0 Å². The number of pyridine rings is 1. The molecule has 34 heavy (non-hydrogen) atoms. The van der Waals surface area contributed by atoms with Gasteiger partial charge in [0.25, 0.3) is 5.56 Å². The van der Waals surface area contributed by atoms with Crippen molar-refractivity contribution >= 4 is 32.7 Å². The number of benzene rings is 2. The van der Waals surface area contributed by atoms with Gasteiger partial charge in [0.2, 0.25) is 0 Å². The first-order valence-electron chi connectivity index (χ1n) is 11.8. The van der Waals surface area contributed by atoms with E-state index in [1.54, 1.807) is 10.9 Å². The van der Waals surface area contributed by atoms with Crippen molar-refractivity contribution in [2.75, 3.05) is 13.2 Å². The van der Waals surface area contributed by atoms with E-state index < -0.39 is 6.10 Å². The Bertz CT molecular complexity index is 1590. The van der Waals surface area contributed by atoms with E-state index in [0.717, 1.165) is 33.9 Å². The van der Waals surface area contributed by atoms with Gasteiger partial charge < -0.3 is 14.4 Å². The fourth-order valence-corrected chi connectivity index (χ4v) is 5.23. The maximum atomic E-state index is 13.6. The number of ether oxygens (including phenoxy) is 1. The summed E-state index contributed by atoms with van der Waals surface area (Å²) >= 11 is 0. The van der Waals surface area contributed by atoms with Crippen molar-refractivity contribution in [3.63, 3.8) is 0 Å². The van der Waals surface area contributed by atoms with Crippen molar-refractivity contribution in [1.82, 2.24) is 19.1 Å². The molecule has 3 aromatic heterocycles. The standard InChI is InChI=1S/C27H26N4O3/c1-2-30-11-8-20-17(7-10-28-26(20)30)13-18-14-22-25(21-6-4-3-5-19(18)21)29-16-31(27(22)33)23-9-12-34-15-24(23)32/h3-8,10-11,14,16,23-24,32H,2,9,12-13,15H2,1H3. The fraction of sp³-hybridized carbons (Fsp3) is 0.296. The molecule has 5 aromatic rings. The summed E-state index contributed by atoms with van der Waals surface area (Å²) in [6.07, 6.45) is 6.04. The molecule has 0 radical (unpaired) electrons. The Labute approximate surface area is 196 Å². The molecule has 0 spiro atoms. The summed E-state index contributed by atoms with van der Waals surface area (Å²) in [5, 5.41) is 14.2. The van der Waals surface area contributed by atoms with E-state index >= 15 is 0 Å². The van der Waals surface area contributed by atoms with Gasteiger partial charge >= 0.3 is 0 Å². The summed E-state index contributed by atoms with van der Waals surface area (Å²) in [6.45, 7) is 3.72. The minimum absolute atomic E-state index is 0.125. The molecule has 2 aromatic carbocycles. The van der Waals surface area contributed by atoms with E-state index in [4.69, 9.17) is 4.74 Å². The normalized spacial score (nSPS) is 18.8. The molecule has 7 heteroatoms. The van der Waals surface area contributed by atoms with E-state index in [1.165, 1.54) is 5.56 Å². The van der Waals surface area contributed by atoms with E-state index in [2.05, 4.69) is 45.9 Å². The summed E-state index contributed by atoms with van der Waals surface area (Å²) in [4.78, 5) is 22.9. The van der Waals surface area contributed by atoms with Gasteiger partial charge in [-0.3, -0.25) is 9.36 Å². The maximum absolute atomic E-state index is 13.6. The molecule has 172 valence electrons. The van der Waals surface area contributed by atoms with Gasteiger partial charge in [0, 0.05) is 36.3 Å². The van der Waals surface area contributed by atoms with Crippen LogP contribution in [0.25, 0.3) is 32.7 Å². The second-order valence-electron chi connectivity index (χ2n) is 8.92. The molecule has 2 atom stereocenters. The van der Waals surface area contributed by atoms with Crippen LogP contribution < -0.4 is 5.56 Å². The second kappa shape index (κ2) is 8.34. The molecular weight excluding hydrogens is 428 g/mol. The van der Waals surface area contributed by atoms with Crippen LogP contribution in [0, 0.1) is 0 Å². The molecule has 2 unspecified atom stereocenters. The quantitative estimate of drug-likeness (QED) is 0.418. The third kappa shape index (κ3) is 3.31. The van der Waals surface area contributed by atoms with Crippen LogP contribution >= 0.6 is 0 Å². The molecule has 1 N–H and O–H groups in total. The number of aliphatic hydroxyl groups excluding tert-OH is 1. The predicted molar refractivity (Wildman–Crippen MR) is 132 cm³/mol. The summed E-state index contributed by atoms with van der Waals surface area (Å²) in [6, 6.07) is 13.9. The number of aliphatic hydroxyl groups is 1. The first-order chi connectivity index (χ1) is 16.7. The minimum Gasteiger partial charge on any atom is -0.389 e. The predicted octanol–water partition coefficient (Wildman–Crippen LogP) is 3.83. The largest absolute Gasteiger partial charge is 0.389 e. The lowest BCUT2D eigenvalue weighted by molar-refractivity contribution is -0.0395. The Kier molecular flexibility index (Phi) is 5.16. The Morgan fingerprint density at radius 3 is 2.74 bits per heavy atom. The van der Waals surface area contributed by atoms with Gasteiger partial charge in [-0.15, -0.1) is 0 Å². The van der Waals surface area contributed by atoms with Crippen LogP contribution in [-0.2, 0) is 17.7 Å². The average molecular weight is 455 g/mol. The summed E-state index contributed by atoms with van der Waals surface area (Å²) in [5.74, 6) is 0. The maximum Gasteiger partial charge on any atom is 0.261 e. The van der Waals surface area contributed by atoms with Gasteiger partial charge in [-0.05, 0) is 54.5 Å². The van der Waals surface area contributed by atoms with E-state index in [-0.39, 0.29) is 18.2 Å². The zero-order chi connectivity index (χ0) is 23.2. The minimum atomic E-state index is -0.724. The van der Waals surface area contributed by atoms with Gasteiger partial charge in [-0.25, -0.2) is 9.97 Å². The lowest BCUT2D eigenvalue weighted by atomic mass is 9.95. The Morgan fingerprint density at radius 2 is 1.91 bits per heavy atom. The van der Waals surface area contributed by atoms with Crippen molar-refractivity contribution in [3.8, 4) is 0 Å². The van der Waals surface area contributed by atoms with Crippen LogP contribution in [0.15, 0.2) is 66.0 Å². The highest BCUT2D eigenvalue weighted by Gasteiger charge is 2.27. The lowest BCUT2D eigenvalue weighted by Crippen LogP contribution is -2.39. The van der Waals surface area contributed by atoms with Gasteiger partial charge in [0.1, 0.15) is 5.65 Å². The van der Waals surface area contributed by atoms with Crippen molar-refractivity contribution in [2.45, 2.75) is 38.5 Å². The molecule has 1 aliphatic rings. The zero-order valence-corrected chi connectivity index (χ0v) is 19.0. The topological polar surface area (TPSA) is 82.2 Å². The lowest BCUT2D eigenvalue weighted by Gasteiger charge is -2.29. The monoisotopic (exact) mass is 454 g/mol. The highest BCUT2D eigenvalue weighted by Crippen LogP contribution is 2.30. The highest BCUT2D eigenvalue weighted by atomic mass is 16.5. The number of hydrogen-bond donors (Lipinski definition) is 1. The Hall–Kier alpha value is -3.55. The van der Waals surface area contributed by atoms with Crippen LogP contribution in [0.1, 0.15) is 30.5 Å². The van der Waals surface area contributed by atoms with Crippen molar-refractivity contribution in [1.29, 1.82) is 0 Å². The van der Waals surface area contributed by atoms with Gasteiger partial charge in [-0.2, -0.15) is 0 Å². The van der Waals surface area contributed by atoms with Crippen LogP contribution in [-0.4, -0.2) is 43.5 Å². The summed E-state index contributed by atoms with van der Waals surface area (Å²) in [5.41, 5.74) is 3.79. The molecule has 0 amide bonds. The number of nitrogens with zero attached hydrogens (tertiary/aromatic N) is 4. The SMILES string of the molecule is CCn1ccc2c(Cc3cc4c(=O)n(C5CCOCC5O)cnc4c4ccccc34)ccnc21. The molecule has 1 aliphatic heterocycles. The first-order valence-corrected chi connectivity index (χ1v) is 11.8. The van der Waals surface area contributed by atoms with Gasteiger partial charge in [0.15, 0.2) is 0 Å². The number of fused-ring (bicyclic) bond motifs is 4. The molecule has 7 nitrogen and oxygen atoms in total. The molecule has 4 heterocycles. The van der Waals surface area contributed by atoms with E-state index in [0.29, 0.717) is 30.4 Å². The van der Waals surface area contributed by atoms with Crippen molar-refractivity contribution < 1.29 is 9.84 Å². The number of aryl methyl sites for hydroxylation is 1. The molecule has 6 rings (SSSR count). The summed E-state index contributed by atoms with van der Waals surface area (Å²) in [7, 11) is 0. The van der Waals surface area contributed by atoms with E-state index in [1.807, 2.05) is 30.5 Å². The fourth-order valence-electron chi connectivity index (χ4n) is 5.23. The third-order valence-corrected chi connectivity index (χ3v) is 7.00. The zero-order valence-electron chi connectivity index (χ0n) is 19.0. The first kappa shape index (κ1) is 21.0. The molecule has 0 bridgehead atoms. The van der Waals surface area contributed by atoms with Crippen LogP contribution in [0.4, 0.5) is 0 Å². The van der Waals surface area contributed by atoms with Crippen molar-refractivity contribution in [3.05, 3.63) is 82.7 Å². The molecular formula is C27H26N4O3. The summed E-state index contributed by atoms with van der Waals surface area (Å²) < 4.78 is 9.08. The number of hydrogen-bond acceptors (Lipinski definition) is 5. The molecule has 0 aliphatic carbocycles. The molecule has 0 saturated carbocycles. The van der Waals surface area contributed by atoms with E-state index in [9.17, 15) is 9.90 Å². The van der Waals surface area contributed by atoms with Gasteiger partial charge in [-0.1, -0.05) is 24.3 Å². The van der Waals surface area contributed by atoms with Crippen molar-refractivity contribution in [2.24, 2.45) is 0 Å². The van der Waals surface area contributed by atoms with Crippen LogP contribution in [0.3, 0.4) is 0 Å². The number of aromatic nitrogens is 4. The highest BCUT2D eigenvalue weighted by molar-refractivity contribution is 6.06. The second-order valence-corrected chi connectivity index (χ2v) is 8.92. The number of rotatable bonds is 4. The molecule has 1 fully saturated rings. The molecule has 1 saturated heterocycles.